The van der Waals surface area contributed by atoms with Crippen LogP contribution in [0.3, 0.4) is 0 Å². The molecule has 154 valence electrons. The standard InChI is InChI=1S/C14H24N2O10.Ca.2H/c17-11(18)7-15(8-12(19)20)1-3-25-5-6-26-4-2-16(9-13(21)22)10-14(23)24;;;/h1-10H2,(H,17,18)(H,19,20)(H,21,22)(H,23,24);;;. The van der Waals surface area contributed by atoms with Crippen LogP contribution in [0, 0.1) is 0 Å². The topological polar surface area (TPSA) is 174 Å². The van der Waals surface area contributed by atoms with Gasteiger partial charge >= 0.3 is 61.6 Å². The second-order valence-electron chi connectivity index (χ2n) is 5.22. The van der Waals surface area contributed by atoms with Gasteiger partial charge in [-0.1, -0.05) is 0 Å². The van der Waals surface area contributed by atoms with E-state index in [-0.39, 0.29) is 77.3 Å². The van der Waals surface area contributed by atoms with E-state index in [9.17, 15) is 19.2 Å². The predicted octanol–water partition coefficient (Wildman–Crippen LogP) is -2.95. The molecule has 0 aromatic rings. The molecule has 0 bridgehead atoms. The molecule has 0 saturated carbocycles. The number of carboxylic acid groups (broad SMARTS) is 4. The molecule has 0 fully saturated rings. The maximum atomic E-state index is 10.6. The molecule has 0 spiro atoms. The number of carbonyl (C=O) groups is 4. The van der Waals surface area contributed by atoms with Crippen LogP contribution in [-0.4, -0.2) is 158 Å². The Labute approximate surface area is 185 Å². The van der Waals surface area contributed by atoms with Crippen molar-refractivity contribution in [2.45, 2.75) is 0 Å². The van der Waals surface area contributed by atoms with Crippen LogP contribution in [0.4, 0.5) is 0 Å². The molecule has 0 heterocycles. The van der Waals surface area contributed by atoms with Gasteiger partial charge in [0.1, 0.15) is 0 Å². The van der Waals surface area contributed by atoms with Gasteiger partial charge in [0.05, 0.1) is 52.6 Å². The third-order valence-electron chi connectivity index (χ3n) is 2.91. The third-order valence-corrected chi connectivity index (χ3v) is 2.91. The van der Waals surface area contributed by atoms with Crippen LogP contribution in [0.2, 0.25) is 0 Å². The number of rotatable bonds is 17. The first-order chi connectivity index (χ1) is 12.2. The quantitative estimate of drug-likeness (QED) is 0.139. The number of ether oxygens (including phenoxy) is 2. The summed E-state index contributed by atoms with van der Waals surface area (Å²) in [6.45, 7) is -0.790. The Kier molecular flexibility index (Phi) is 17.9. The summed E-state index contributed by atoms with van der Waals surface area (Å²) in [5.41, 5.74) is 0. The molecule has 0 radical (unpaired) electrons. The van der Waals surface area contributed by atoms with Crippen LogP contribution >= 0.6 is 0 Å². The van der Waals surface area contributed by atoms with Crippen molar-refractivity contribution >= 4 is 61.6 Å². The fraction of sp³-hybridized carbons (Fsp3) is 0.714. The van der Waals surface area contributed by atoms with Gasteiger partial charge < -0.3 is 29.9 Å². The predicted molar refractivity (Wildman–Crippen MR) is 93.6 cm³/mol. The van der Waals surface area contributed by atoms with Gasteiger partial charge in [-0.2, -0.15) is 0 Å². The van der Waals surface area contributed by atoms with Crippen LogP contribution in [0.1, 0.15) is 0 Å². The van der Waals surface area contributed by atoms with E-state index < -0.39 is 50.1 Å². The van der Waals surface area contributed by atoms with Gasteiger partial charge in [-0.05, 0) is 0 Å². The molecule has 0 rings (SSSR count). The second kappa shape index (κ2) is 17.1. The summed E-state index contributed by atoms with van der Waals surface area (Å²) in [5, 5.41) is 34.7. The minimum atomic E-state index is -1.14. The van der Waals surface area contributed by atoms with Crippen LogP contribution < -0.4 is 0 Å². The number of carboxylic acids is 4. The SMILES string of the molecule is O=C(O)CN(CCOCCOCCN(CC(=O)O)CC(=O)O)CC(=O)O.[CaH2]. The molecule has 0 saturated heterocycles. The van der Waals surface area contributed by atoms with Crippen molar-refractivity contribution in [3.63, 3.8) is 0 Å². The van der Waals surface area contributed by atoms with E-state index in [0.717, 1.165) is 0 Å². The van der Waals surface area contributed by atoms with E-state index in [1.807, 2.05) is 0 Å². The molecule has 0 aliphatic carbocycles. The van der Waals surface area contributed by atoms with E-state index in [1.54, 1.807) is 0 Å². The van der Waals surface area contributed by atoms with E-state index >= 15 is 0 Å². The minimum absolute atomic E-state index is 0. The van der Waals surface area contributed by atoms with Crippen molar-refractivity contribution in [3.05, 3.63) is 0 Å². The summed E-state index contributed by atoms with van der Waals surface area (Å²) >= 11 is 0. The summed E-state index contributed by atoms with van der Waals surface area (Å²) in [6, 6.07) is 0. The molecule has 0 unspecified atom stereocenters. The van der Waals surface area contributed by atoms with Crippen molar-refractivity contribution in [2.24, 2.45) is 0 Å². The molecule has 12 nitrogen and oxygen atoms in total. The fourth-order valence-electron chi connectivity index (χ4n) is 1.90. The molecule has 0 aliphatic rings. The van der Waals surface area contributed by atoms with Gasteiger partial charge in [0.15, 0.2) is 0 Å². The average molecular weight is 422 g/mol. The van der Waals surface area contributed by atoms with Gasteiger partial charge in [0, 0.05) is 13.1 Å². The zero-order chi connectivity index (χ0) is 19.9. The Balaban J connectivity index is 0. The van der Waals surface area contributed by atoms with E-state index in [0.29, 0.717) is 0 Å². The summed E-state index contributed by atoms with van der Waals surface area (Å²) in [6.07, 6.45) is 0. The van der Waals surface area contributed by atoms with Crippen LogP contribution in [0.5, 0.6) is 0 Å². The summed E-state index contributed by atoms with van der Waals surface area (Å²) < 4.78 is 10.4. The van der Waals surface area contributed by atoms with Gasteiger partial charge in [0.25, 0.3) is 0 Å². The van der Waals surface area contributed by atoms with Crippen molar-refractivity contribution in [2.75, 3.05) is 65.7 Å². The van der Waals surface area contributed by atoms with Gasteiger partial charge in [-0.15, -0.1) is 0 Å². The second-order valence-corrected chi connectivity index (χ2v) is 5.22. The van der Waals surface area contributed by atoms with E-state index in [1.165, 1.54) is 9.80 Å². The van der Waals surface area contributed by atoms with Crippen LogP contribution in [0.15, 0.2) is 0 Å². The monoisotopic (exact) mass is 422 g/mol. The van der Waals surface area contributed by atoms with Crippen LogP contribution in [-0.2, 0) is 28.7 Å². The third kappa shape index (κ3) is 19.5. The van der Waals surface area contributed by atoms with Crippen molar-refractivity contribution in [3.8, 4) is 0 Å². The normalized spacial score (nSPS) is 10.6. The summed E-state index contributed by atoms with van der Waals surface area (Å²) in [7, 11) is 0. The number of hydrogen-bond acceptors (Lipinski definition) is 8. The molecule has 0 aromatic carbocycles. The van der Waals surface area contributed by atoms with Gasteiger partial charge in [0.2, 0.25) is 0 Å². The molecule has 0 atom stereocenters. The van der Waals surface area contributed by atoms with Crippen molar-refractivity contribution in [1.29, 1.82) is 0 Å². The molecule has 0 aromatic heterocycles. The Hall–Kier alpha value is -1.02. The molecular formula is C14H26CaN2O10. The number of hydrogen-bond donors (Lipinski definition) is 4. The Morgan fingerprint density at radius 2 is 0.815 bits per heavy atom. The maximum absolute atomic E-state index is 10.6. The average Bonchev–Trinajstić information content (AvgIpc) is 2.47. The zero-order valence-electron chi connectivity index (χ0n) is 14.2. The summed E-state index contributed by atoms with van der Waals surface area (Å²) in [5.74, 6) is -4.55. The Bertz CT molecular complexity index is 403. The zero-order valence-corrected chi connectivity index (χ0v) is 14.2. The molecule has 0 amide bonds. The van der Waals surface area contributed by atoms with E-state index in [2.05, 4.69) is 0 Å². The van der Waals surface area contributed by atoms with Crippen molar-refractivity contribution < 1.29 is 49.1 Å². The molecule has 13 heteroatoms. The molecule has 0 aliphatic heterocycles. The van der Waals surface area contributed by atoms with Gasteiger partial charge in [-0.25, -0.2) is 0 Å². The molecular weight excluding hydrogens is 396 g/mol. The molecule has 4 N–H and O–H groups in total. The Morgan fingerprint density at radius 3 is 1.04 bits per heavy atom. The number of aliphatic carboxylic acids is 4. The molecule has 27 heavy (non-hydrogen) atoms. The first-order valence-electron chi connectivity index (χ1n) is 7.68. The van der Waals surface area contributed by atoms with Crippen molar-refractivity contribution in [1.82, 2.24) is 9.80 Å². The first kappa shape index (κ1) is 28.2. The fourth-order valence-corrected chi connectivity index (χ4v) is 1.90. The Morgan fingerprint density at radius 1 is 0.556 bits per heavy atom. The first-order valence-corrected chi connectivity index (χ1v) is 7.68. The number of nitrogens with zero attached hydrogens (tertiary/aromatic N) is 2. The van der Waals surface area contributed by atoms with Crippen LogP contribution in [0.25, 0.3) is 0 Å². The van der Waals surface area contributed by atoms with Gasteiger partial charge in [-0.3, -0.25) is 29.0 Å². The van der Waals surface area contributed by atoms with E-state index in [4.69, 9.17) is 29.9 Å². The summed E-state index contributed by atoms with van der Waals surface area (Å²) in [4.78, 5) is 44.9.